The molecule has 1 amide bonds. The number of hydrogen-bond acceptors (Lipinski definition) is 5. The molecule has 158 valence electrons. The Labute approximate surface area is 175 Å². The van der Waals surface area contributed by atoms with Crippen LogP contribution in [0.2, 0.25) is 0 Å². The monoisotopic (exact) mass is 429 g/mol. The number of nitrogens with one attached hydrogen (secondary N) is 1. The molecule has 0 saturated carbocycles. The first-order valence-electron chi connectivity index (χ1n) is 9.84. The molecule has 1 saturated heterocycles. The van der Waals surface area contributed by atoms with E-state index in [1.807, 2.05) is 48.5 Å². The van der Waals surface area contributed by atoms with Crippen molar-refractivity contribution < 1.29 is 27.9 Å². The van der Waals surface area contributed by atoms with Crippen LogP contribution in [0.5, 0.6) is 0 Å². The van der Waals surface area contributed by atoms with Crippen LogP contribution < -0.4 is 5.32 Å². The minimum Gasteiger partial charge on any atom is -0.481 e. The lowest BCUT2D eigenvalue weighted by atomic mass is 9.88. The molecular weight excluding hydrogens is 406 g/mol. The SMILES string of the molecule is O=C(O)CC1(NC(=O)OCC2c3ccccc3-c3ccccc32)CCS(=O)(=O)CC1. The van der Waals surface area contributed by atoms with Gasteiger partial charge in [-0.25, -0.2) is 13.2 Å². The number of carboxylic acids is 1. The van der Waals surface area contributed by atoms with E-state index in [9.17, 15) is 23.1 Å². The molecule has 0 aromatic heterocycles. The topological polar surface area (TPSA) is 110 Å². The number of carbonyl (C=O) groups is 2. The van der Waals surface area contributed by atoms with Gasteiger partial charge in [-0.15, -0.1) is 0 Å². The molecule has 2 aliphatic rings. The fourth-order valence-electron chi connectivity index (χ4n) is 4.42. The van der Waals surface area contributed by atoms with Crippen LogP contribution in [-0.2, 0) is 19.4 Å². The first-order chi connectivity index (χ1) is 14.3. The van der Waals surface area contributed by atoms with Crippen molar-refractivity contribution in [2.24, 2.45) is 0 Å². The van der Waals surface area contributed by atoms with Crippen molar-refractivity contribution in [3.05, 3.63) is 59.7 Å². The Morgan fingerprint density at radius 1 is 1.00 bits per heavy atom. The number of fused-ring (bicyclic) bond motifs is 3. The number of aliphatic carboxylic acids is 1. The van der Waals surface area contributed by atoms with Gasteiger partial charge in [-0.3, -0.25) is 4.79 Å². The molecule has 4 rings (SSSR count). The zero-order valence-corrected chi connectivity index (χ0v) is 17.2. The smallest absolute Gasteiger partial charge is 0.407 e. The number of sulfone groups is 1. The van der Waals surface area contributed by atoms with Gasteiger partial charge < -0.3 is 15.2 Å². The molecule has 2 aromatic rings. The zero-order chi connectivity index (χ0) is 21.4. The molecular formula is C22H23NO6S. The number of carbonyl (C=O) groups excluding carboxylic acids is 1. The molecule has 0 atom stereocenters. The van der Waals surface area contributed by atoms with Crippen LogP contribution in [0, 0.1) is 0 Å². The van der Waals surface area contributed by atoms with Crippen molar-refractivity contribution >= 4 is 21.9 Å². The molecule has 0 bridgehead atoms. The maximum absolute atomic E-state index is 12.6. The van der Waals surface area contributed by atoms with Gasteiger partial charge in [0, 0.05) is 5.92 Å². The Morgan fingerprint density at radius 3 is 2.07 bits per heavy atom. The summed E-state index contributed by atoms with van der Waals surface area (Å²) in [5, 5.41) is 11.9. The second-order valence-corrected chi connectivity index (χ2v) is 10.3. The number of carboxylic acid groups (broad SMARTS) is 1. The van der Waals surface area contributed by atoms with Crippen molar-refractivity contribution in [3.8, 4) is 11.1 Å². The van der Waals surface area contributed by atoms with E-state index < -0.39 is 27.4 Å². The van der Waals surface area contributed by atoms with Gasteiger partial charge in [0.25, 0.3) is 0 Å². The number of ether oxygens (including phenoxy) is 1. The Bertz CT molecular complexity index is 1030. The maximum atomic E-state index is 12.6. The van der Waals surface area contributed by atoms with E-state index in [2.05, 4.69) is 5.32 Å². The van der Waals surface area contributed by atoms with E-state index in [1.165, 1.54) is 0 Å². The highest BCUT2D eigenvalue weighted by molar-refractivity contribution is 7.91. The van der Waals surface area contributed by atoms with Gasteiger partial charge in [0.2, 0.25) is 0 Å². The van der Waals surface area contributed by atoms with Gasteiger partial charge in [0.15, 0.2) is 0 Å². The standard InChI is InChI=1S/C22H23NO6S/c24-20(25)13-22(9-11-30(27,28)12-10-22)23-21(26)29-14-19-17-7-3-1-5-15(17)16-6-2-4-8-18(16)19/h1-8,19H,9-14H2,(H,23,26)(H,24,25). The first kappa shape index (κ1) is 20.4. The van der Waals surface area contributed by atoms with Gasteiger partial charge >= 0.3 is 12.1 Å². The van der Waals surface area contributed by atoms with Crippen LogP contribution in [-0.4, -0.2) is 49.2 Å². The third kappa shape index (κ3) is 4.05. The number of hydrogen-bond donors (Lipinski definition) is 2. The molecule has 0 unspecified atom stereocenters. The summed E-state index contributed by atoms with van der Waals surface area (Å²) >= 11 is 0. The predicted molar refractivity (Wildman–Crippen MR) is 111 cm³/mol. The van der Waals surface area contributed by atoms with Crippen LogP contribution in [0.25, 0.3) is 11.1 Å². The molecule has 1 aliphatic heterocycles. The third-order valence-corrected chi connectivity index (χ3v) is 7.64. The molecule has 0 spiro atoms. The third-order valence-electron chi connectivity index (χ3n) is 5.98. The van der Waals surface area contributed by atoms with E-state index in [-0.39, 0.29) is 43.3 Å². The average Bonchev–Trinajstić information content (AvgIpc) is 3.02. The lowest BCUT2D eigenvalue weighted by molar-refractivity contribution is -0.138. The molecule has 1 heterocycles. The van der Waals surface area contributed by atoms with Gasteiger partial charge in [-0.1, -0.05) is 48.5 Å². The highest BCUT2D eigenvalue weighted by Gasteiger charge is 2.41. The molecule has 0 radical (unpaired) electrons. The molecule has 2 aromatic carbocycles. The van der Waals surface area contributed by atoms with Crippen molar-refractivity contribution in [3.63, 3.8) is 0 Å². The number of benzene rings is 2. The first-order valence-corrected chi connectivity index (χ1v) is 11.7. The van der Waals surface area contributed by atoms with Gasteiger partial charge in [0.05, 0.1) is 23.5 Å². The van der Waals surface area contributed by atoms with E-state index >= 15 is 0 Å². The van der Waals surface area contributed by atoms with Crippen LogP contribution in [0.15, 0.2) is 48.5 Å². The summed E-state index contributed by atoms with van der Waals surface area (Å²) in [6.45, 7) is 0.112. The minimum absolute atomic E-state index is 0.0613. The van der Waals surface area contributed by atoms with Gasteiger partial charge in [0.1, 0.15) is 16.4 Å². The quantitative estimate of drug-likeness (QED) is 0.756. The molecule has 7 nitrogen and oxygen atoms in total. The second-order valence-electron chi connectivity index (χ2n) is 7.95. The largest absolute Gasteiger partial charge is 0.481 e. The summed E-state index contributed by atoms with van der Waals surface area (Å²) in [7, 11) is -3.20. The number of rotatable bonds is 5. The summed E-state index contributed by atoms with van der Waals surface area (Å²) in [6.07, 6.45) is -0.943. The Balaban J connectivity index is 1.47. The summed E-state index contributed by atoms with van der Waals surface area (Å²) < 4.78 is 29.0. The number of amides is 1. The van der Waals surface area contributed by atoms with Crippen molar-refractivity contribution in [1.82, 2.24) is 5.32 Å². The average molecular weight is 429 g/mol. The van der Waals surface area contributed by atoms with Crippen molar-refractivity contribution in [1.29, 1.82) is 0 Å². The fourth-order valence-corrected chi connectivity index (χ4v) is 6.02. The molecule has 8 heteroatoms. The van der Waals surface area contributed by atoms with Gasteiger partial charge in [-0.05, 0) is 35.1 Å². The minimum atomic E-state index is -3.20. The summed E-state index contributed by atoms with van der Waals surface area (Å²) in [4.78, 5) is 23.9. The summed E-state index contributed by atoms with van der Waals surface area (Å²) in [5.74, 6) is -1.49. The van der Waals surface area contributed by atoms with Crippen molar-refractivity contribution in [2.75, 3.05) is 18.1 Å². The Hall–Kier alpha value is -2.87. The lowest BCUT2D eigenvalue weighted by Gasteiger charge is -2.36. The van der Waals surface area contributed by atoms with Crippen LogP contribution in [0.3, 0.4) is 0 Å². The van der Waals surface area contributed by atoms with Gasteiger partial charge in [-0.2, -0.15) is 0 Å². The summed E-state index contributed by atoms with van der Waals surface area (Å²) in [5.41, 5.74) is 3.27. The van der Waals surface area contributed by atoms with E-state index in [1.54, 1.807) is 0 Å². The van der Waals surface area contributed by atoms with Crippen LogP contribution in [0.1, 0.15) is 36.3 Å². The van der Waals surface area contributed by atoms with Crippen LogP contribution >= 0.6 is 0 Å². The second kappa shape index (κ2) is 7.75. The molecule has 2 N–H and O–H groups in total. The fraction of sp³-hybridized carbons (Fsp3) is 0.364. The van der Waals surface area contributed by atoms with E-state index in [0.29, 0.717) is 0 Å². The highest BCUT2D eigenvalue weighted by Crippen LogP contribution is 2.44. The van der Waals surface area contributed by atoms with E-state index in [4.69, 9.17) is 4.74 Å². The normalized spacial score (nSPS) is 18.8. The maximum Gasteiger partial charge on any atom is 0.407 e. The van der Waals surface area contributed by atoms with E-state index in [0.717, 1.165) is 22.3 Å². The van der Waals surface area contributed by atoms with Crippen LogP contribution in [0.4, 0.5) is 4.79 Å². The highest BCUT2D eigenvalue weighted by atomic mass is 32.2. The zero-order valence-electron chi connectivity index (χ0n) is 16.3. The van der Waals surface area contributed by atoms with Crippen molar-refractivity contribution in [2.45, 2.75) is 30.7 Å². The molecule has 1 fully saturated rings. The number of alkyl carbamates (subject to hydrolysis) is 1. The molecule has 30 heavy (non-hydrogen) atoms. The summed E-state index contributed by atoms with van der Waals surface area (Å²) in [6, 6.07) is 15.9. The lowest BCUT2D eigenvalue weighted by Crippen LogP contribution is -2.54. The Kier molecular flexibility index (Phi) is 5.27. The molecule has 1 aliphatic carbocycles. The Morgan fingerprint density at radius 2 is 1.53 bits per heavy atom. The predicted octanol–water partition coefficient (Wildman–Crippen LogP) is 2.95.